The fraction of sp³-hybridized carbons (Fsp3) is 0.296. The molecule has 0 aromatic heterocycles. The van der Waals surface area contributed by atoms with Crippen LogP contribution in [0.5, 0.6) is 5.75 Å². The first kappa shape index (κ1) is 25.4. The zero-order chi connectivity index (χ0) is 27.8. The van der Waals surface area contributed by atoms with Crippen molar-refractivity contribution < 1.29 is 43.6 Å². The summed E-state index contributed by atoms with van der Waals surface area (Å²) in [6.07, 6.45) is -0.330. The van der Waals surface area contributed by atoms with Gasteiger partial charge in [0, 0.05) is 54.9 Å². The molecule has 1 amide bonds. The number of fused-ring (bicyclic) bond motifs is 3. The molecule has 3 atom stereocenters. The highest BCUT2D eigenvalue weighted by Gasteiger charge is 2.60. The minimum Gasteiger partial charge on any atom is -0.508 e. The number of phenolic OH excluding ortho intramolecular Hbond substituents is 1. The van der Waals surface area contributed by atoms with Gasteiger partial charge < -0.3 is 31.1 Å². The Hall–Kier alpha value is -4.25. The number of aromatic hydroxyl groups is 1. The molecule has 198 valence electrons. The fourth-order valence-corrected chi connectivity index (χ4v) is 5.98. The molecule has 0 bridgehead atoms. The van der Waals surface area contributed by atoms with Crippen molar-refractivity contribution in [1.29, 1.82) is 0 Å². The van der Waals surface area contributed by atoms with Gasteiger partial charge in [-0.1, -0.05) is 0 Å². The van der Waals surface area contributed by atoms with Crippen molar-refractivity contribution in [2.45, 2.75) is 24.9 Å². The van der Waals surface area contributed by atoms with E-state index in [1.54, 1.807) is 19.0 Å². The van der Waals surface area contributed by atoms with Crippen LogP contribution in [0.2, 0.25) is 0 Å². The SMILES string of the molecule is CN(C)c1cc(-c2ccc(F)cc2F)c(O)c2c1CC1CC3CC(=O)C(C(N)=O)=C(O)C3(O)C(=O)C1=C2O. The number of carbonyl (C=O) groups is 3. The van der Waals surface area contributed by atoms with Gasteiger partial charge >= 0.3 is 0 Å². The number of halogens is 2. The highest BCUT2D eigenvalue weighted by Crippen LogP contribution is 2.54. The summed E-state index contributed by atoms with van der Waals surface area (Å²) in [6.45, 7) is 0. The zero-order valence-electron chi connectivity index (χ0n) is 20.4. The number of Topliss-reactive ketones (excluding diaryl/α,β-unsaturated/α-hetero) is 2. The molecule has 5 rings (SSSR count). The average molecular weight is 526 g/mol. The number of nitrogens with two attached hydrogens (primary N) is 1. The Morgan fingerprint density at radius 3 is 2.37 bits per heavy atom. The number of primary amides is 1. The number of phenols is 1. The van der Waals surface area contributed by atoms with Gasteiger partial charge in [-0.2, -0.15) is 0 Å². The molecule has 1 fully saturated rings. The van der Waals surface area contributed by atoms with Crippen molar-refractivity contribution in [3.63, 3.8) is 0 Å². The third-order valence-electron chi connectivity index (χ3n) is 7.74. The number of aliphatic hydroxyl groups is 3. The lowest BCUT2D eigenvalue weighted by molar-refractivity contribution is -0.147. The van der Waals surface area contributed by atoms with Gasteiger partial charge in [0.15, 0.2) is 11.4 Å². The Bertz CT molecular complexity index is 1530. The largest absolute Gasteiger partial charge is 0.508 e. The maximum Gasteiger partial charge on any atom is 0.255 e. The molecule has 0 saturated heterocycles. The van der Waals surface area contributed by atoms with Crippen molar-refractivity contribution in [2.24, 2.45) is 17.6 Å². The molecule has 0 heterocycles. The number of amides is 1. The van der Waals surface area contributed by atoms with Gasteiger partial charge in [-0.05, 0) is 42.5 Å². The molecule has 2 aromatic carbocycles. The van der Waals surface area contributed by atoms with Crippen LogP contribution < -0.4 is 10.6 Å². The topological polar surface area (TPSA) is 161 Å². The molecule has 9 nitrogen and oxygen atoms in total. The summed E-state index contributed by atoms with van der Waals surface area (Å²) in [5.41, 5.74) is 1.84. The number of rotatable bonds is 3. The zero-order valence-corrected chi connectivity index (χ0v) is 20.4. The normalized spacial score (nSPS) is 24.7. The second kappa shape index (κ2) is 8.38. The van der Waals surface area contributed by atoms with Gasteiger partial charge in [0.2, 0.25) is 5.78 Å². The fourth-order valence-electron chi connectivity index (χ4n) is 5.98. The summed E-state index contributed by atoms with van der Waals surface area (Å²) in [4.78, 5) is 39.6. The molecule has 3 aliphatic rings. The maximum atomic E-state index is 14.7. The number of anilines is 1. The van der Waals surface area contributed by atoms with E-state index in [0.717, 1.165) is 12.1 Å². The number of hydrogen-bond acceptors (Lipinski definition) is 8. The van der Waals surface area contributed by atoms with Crippen LogP contribution in [0.25, 0.3) is 16.9 Å². The number of benzene rings is 2. The van der Waals surface area contributed by atoms with E-state index < -0.39 is 75.8 Å². The number of ketones is 2. The van der Waals surface area contributed by atoms with E-state index in [0.29, 0.717) is 17.3 Å². The first-order valence-corrected chi connectivity index (χ1v) is 11.8. The van der Waals surface area contributed by atoms with E-state index in [-0.39, 0.29) is 35.1 Å². The summed E-state index contributed by atoms with van der Waals surface area (Å²) in [7, 11) is 3.37. The molecule has 11 heteroatoms. The van der Waals surface area contributed by atoms with E-state index >= 15 is 0 Å². The van der Waals surface area contributed by atoms with Crippen LogP contribution in [0.15, 0.2) is 41.2 Å². The van der Waals surface area contributed by atoms with Crippen LogP contribution in [-0.4, -0.2) is 57.6 Å². The third-order valence-corrected chi connectivity index (χ3v) is 7.74. The van der Waals surface area contributed by atoms with Crippen molar-refractivity contribution in [3.05, 3.63) is 63.9 Å². The average Bonchev–Trinajstić information content (AvgIpc) is 2.81. The van der Waals surface area contributed by atoms with E-state index in [4.69, 9.17) is 5.73 Å². The smallest absolute Gasteiger partial charge is 0.255 e. The van der Waals surface area contributed by atoms with Gasteiger partial charge in [-0.15, -0.1) is 0 Å². The van der Waals surface area contributed by atoms with Gasteiger partial charge in [-0.25, -0.2) is 8.78 Å². The van der Waals surface area contributed by atoms with Crippen LogP contribution in [0, 0.1) is 23.5 Å². The molecule has 2 aromatic rings. The first-order valence-electron chi connectivity index (χ1n) is 11.8. The van der Waals surface area contributed by atoms with E-state index in [1.165, 1.54) is 6.07 Å². The predicted octanol–water partition coefficient (Wildman–Crippen LogP) is 2.44. The number of carbonyl (C=O) groups excluding carboxylic acids is 3. The van der Waals surface area contributed by atoms with Crippen molar-refractivity contribution in [1.82, 2.24) is 0 Å². The maximum absolute atomic E-state index is 14.7. The molecular formula is C27H24F2N2O7. The predicted molar refractivity (Wildman–Crippen MR) is 131 cm³/mol. The summed E-state index contributed by atoms with van der Waals surface area (Å²) < 4.78 is 28.2. The van der Waals surface area contributed by atoms with Crippen LogP contribution >= 0.6 is 0 Å². The quantitative estimate of drug-likeness (QED) is 0.381. The molecular weight excluding hydrogens is 502 g/mol. The lowest BCUT2D eigenvalue weighted by Gasteiger charge is -2.46. The Kier molecular flexibility index (Phi) is 5.60. The second-order valence-corrected chi connectivity index (χ2v) is 10.1. The molecule has 1 saturated carbocycles. The van der Waals surface area contributed by atoms with Crippen LogP contribution in [0.1, 0.15) is 24.0 Å². The highest BCUT2D eigenvalue weighted by molar-refractivity contribution is 6.22. The monoisotopic (exact) mass is 526 g/mol. The summed E-state index contributed by atoms with van der Waals surface area (Å²) >= 11 is 0. The Morgan fingerprint density at radius 1 is 1.08 bits per heavy atom. The lowest BCUT2D eigenvalue weighted by Crippen LogP contribution is -2.58. The van der Waals surface area contributed by atoms with Crippen molar-refractivity contribution in [2.75, 3.05) is 19.0 Å². The van der Waals surface area contributed by atoms with Gasteiger partial charge in [0.25, 0.3) is 5.91 Å². The molecule has 0 radical (unpaired) electrons. The van der Waals surface area contributed by atoms with Gasteiger partial charge in [0.1, 0.15) is 34.5 Å². The first-order chi connectivity index (χ1) is 17.8. The Balaban J connectivity index is 1.76. The van der Waals surface area contributed by atoms with Crippen LogP contribution in [0.4, 0.5) is 14.5 Å². The summed E-state index contributed by atoms with van der Waals surface area (Å²) in [6, 6.07) is 4.28. The Labute approximate surface area is 215 Å². The highest BCUT2D eigenvalue weighted by atomic mass is 19.1. The molecule has 38 heavy (non-hydrogen) atoms. The molecule has 3 aliphatic carbocycles. The van der Waals surface area contributed by atoms with Gasteiger partial charge in [-0.3, -0.25) is 14.4 Å². The van der Waals surface area contributed by atoms with Gasteiger partial charge in [0.05, 0.1) is 5.56 Å². The third kappa shape index (κ3) is 3.34. The minimum absolute atomic E-state index is 0.00904. The number of hydrogen-bond donors (Lipinski definition) is 5. The van der Waals surface area contributed by atoms with Crippen molar-refractivity contribution >= 4 is 28.9 Å². The van der Waals surface area contributed by atoms with E-state index in [2.05, 4.69) is 0 Å². The van der Waals surface area contributed by atoms with E-state index in [9.17, 15) is 43.6 Å². The minimum atomic E-state index is -2.68. The molecule has 3 unspecified atom stereocenters. The van der Waals surface area contributed by atoms with E-state index in [1.807, 2.05) is 0 Å². The lowest BCUT2D eigenvalue weighted by atomic mass is 9.59. The summed E-state index contributed by atoms with van der Waals surface area (Å²) in [5.74, 6) is -9.24. The van der Waals surface area contributed by atoms with Crippen LogP contribution in [-0.2, 0) is 20.8 Å². The standard InChI is InChI=1S/C27H24F2N2O7/c1-31(2)17-9-14(13-4-3-12(28)8-16(13)29)22(33)20-15(17)6-10-5-11-7-18(32)21(26(30)37)25(36)27(11,38)24(35)19(10)23(20)34/h3-4,8-11,33-34,36,38H,5-7H2,1-2H3,(H2,30,37). The number of nitrogens with zero attached hydrogens (tertiary/aromatic N) is 1. The molecule has 0 spiro atoms. The molecule has 6 N–H and O–H groups in total. The molecule has 0 aliphatic heterocycles. The second-order valence-electron chi connectivity index (χ2n) is 10.1. The Morgan fingerprint density at radius 2 is 1.76 bits per heavy atom. The number of aliphatic hydroxyl groups excluding tert-OH is 2. The van der Waals surface area contributed by atoms with Crippen LogP contribution in [0.3, 0.4) is 0 Å². The summed E-state index contributed by atoms with van der Waals surface area (Å²) in [5, 5.41) is 44.6. The van der Waals surface area contributed by atoms with Crippen molar-refractivity contribution in [3.8, 4) is 16.9 Å².